The van der Waals surface area contributed by atoms with E-state index < -0.39 is 0 Å². The Morgan fingerprint density at radius 3 is 2.67 bits per heavy atom. The molecule has 0 aromatic carbocycles. The average Bonchev–Trinajstić information content (AvgIpc) is 1.82. The lowest BCUT2D eigenvalue weighted by Crippen LogP contribution is -2.16. The van der Waals surface area contributed by atoms with E-state index in [1.165, 1.54) is 0 Å². The zero-order chi connectivity index (χ0) is 6.69. The highest BCUT2D eigenvalue weighted by molar-refractivity contribution is 5.39. The molecule has 2 heteroatoms. The van der Waals surface area contributed by atoms with Crippen molar-refractivity contribution in [3.63, 3.8) is 0 Å². The smallest absolute Gasteiger partial charge is 0.142 e. The first-order valence-electron chi connectivity index (χ1n) is 3.08. The van der Waals surface area contributed by atoms with Gasteiger partial charge >= 0.3 is 0 Å². The third kappa shape index (κ3) is 1.07. The van der Waals surface area contributed by atoms with Crippen molar-refractivity contribution < 1.29 is 4.74 Å². The van der Waals surface area contributed by atoms with E-state index in [-0.39, 0.29) is 0 Å². The van der Waals surface area contributed by atoms with Crippen LogP contribution in [0.5, 0.6) is 0 Å². The van der Waals surface area contributed by atoms with Crippen LogP contribution in [0, 0.1) is 0 Å². The molecule has 0 aromatic heterocycles. The fourth-order valence-electron chi connectivity index (χ4n) is 0.749. The van der Waals surface area contributed by atoms with Crippen LogP contribution in [0.15, 0.2) is 23.6 Å². The van der Waals surface area contributed by atoms with Gasteiger partial charge in [0.25, 0.3) is 0 Å². The summed E-state index contributed by atoms with van der Waals surface area (Å²) in [6.45, 7) is 3.01. The molecule has 9 heavy (non-hydrogen) atoms. The van der Waals surface area contributed by atoms with Crippen LogP contribution in [-0.4, -0.2) is 13.7 Å². The zero-order valence-electron chi connectivity index (χ0n) is 5.77. The molecule has 1 aliphatic carbocycles. The molecule has 50 valence electrons. The summed E-state index contributed by atoms with van der Waals surface area (Å²) in [5, 5.41) is 3.15. The molecule has 0 saturated carbocycles. The number of allylic oxidation sites excluding steroid dienone is 2. The molecule has 0 aliphatic heterocycles. The molecule has 1 N–H and O–H groups in total. The van der Waals surface area contributed by atoms with Gasteiger partial charge in [-0.3, -0.25) is 0 Å². The molecule has 2 nitrogen and oxygen atoms in total. The van der Waals surface area contributed by atoms with E-state index in [1.54, 1.807) is 7.11 Å². The Labute approximate surface area is 55.2 Å². The highest BCUT2D eigenvalue weighted by Crippen LogP contribution is 2.15. The molecule has 0 spiro atoms. The maximum atomic E-state index is 4.98. The van der Waals surface area contributed by atoms with E-state index in [4.69, 9.17) is 4.74 Å². The fraction of sp³-hybridized carbons (Fsp3) is 0.429. The van der Waals surface area contributed by atoms with Crippen LogP contribution in [0.25, 0.3) is 0 Å². The lowest BCUT2D eigenvalue weighted by atomic mass is 10.2. The number of hydrogen-bond acceptors (Lipinski definition) is 2. The van der Waals surface area contributed by atoms with Gasteiger partial charge in [0, 0.05) is 6.54 Å². The van der Waals surface area contributed by atoms with E-state index >= 15 is 0 Å². The average molecular weight is 125 g/mol. The Morgan fingerprint density at radius 1 is 1.56 bits per heavy atom. The van der Waals surface area contributed by atoms with Crippen LogP contribution >= 0.6 is 0 Å². The van der Waals surface area contributed by atoms with Gasteiger partial charge in [0.15, 0.2) is 0 Å². The van der Waals surface area contributed by atoms with Crippen molar-refractivity contribution in [3.05, 3.63) is 23.6 Å². The second-order valence-corrected chi connectivity index (χ2v) is 1.85. The maximum Gasteiger partial charge on any atom is 0.142 e. The van der Waals surface area contributed by atoms with Gasteiger partial charge < -0.3 is 10.1 Å². The van der Waals surface area contributed by atoms with E-state index in [1.807, 2.05) is 12.2 Å². The third-order valence-electron chi connectivity index (χ3n) is 1.25. The number of rotatable bonds is 3. The minimum Gasteiger partial charge on any atom is -0.495 e. The van der Waals surface area contributed by atoms with Gasteiger partial charge in [-0.2, -0.15) is 0 Å². The third-order valence-corrected chi connectivity index (χ3v) is 1.25. The molecular weight excluding hydrogens is 114 g/mol. The molecule has 0 aromatic rings. The summed E-state index contributed by atoms with van der Waals surface area (Å²) >= 11 is 0. The predicted molar refractivity (Wildman–Crippen MR) is 36.9 cm³/mol. The van der Waals surface area contributed by atoms with Crippen LogP contribution in [-0.2, 0) is 4.74 Å². The number of likely N-dealkylation sites (N-methyl/N-ethyl adjacent to an activating group) is 1. The lowest BCUT2D eigenvalue weighted by molar-refractivity contribution is 0.296. The molecule has 0 saturated heterocycles. The maximum absolute atomic E-state index is 4.98. The first-order chi connectivity index (χ1) is 4.38. The second-order valence-electron chi connectivity index (χ2n) is 1.85. The molecule has 1 aliphatic rings. The molecule has 1 rings (SSSR count). The standard InChI is InChI=1S/C7H11NO/c1-3-8-6-4-5-7(6)9-2/h4-5,8H,3H2,1-2H3. The summed E-state index contributed by atoms with van der Waals surface area (Å²) in [5.74, 6) is 0.955. The van der Waals surface area contributed by atoms with E-state index in [0.717, 1.165) is 18.0 Å². The molecule has 0 fully saturated rings. The topological polar surface area (TPSA) is 21.3 Å². The van der Waals surface area contributed by atoms with Crippen molar-refractivity contribution in [3.8, 4) is 0 Å². The van der Waals surface area contributed by atoms with Crippen molar-refractivity contribution in [1.29, 1.82) is 0 Å². The van der Waals surface area contributed by atoms with Gasteiger partial charge in [-0.15, -0.1) is 0 Å². The Balaban J connectivity index is 2.40. The quantitative estimate of drug-likeness (QED) is 0.608. The van der Waals surface area contributed by atoms with E-state index in [0.29, 0.717) is 0 Å². The van der Waals surface area contributed by atoms with Crippen molar-refractivity contribution in [2.24, 2.45) is 0 Å². The van der Waals surface area contributed by atoms with Crippen molar-refractivity contribution >= 4 is 0 Å². The Hall–Kier alpha value is -0.920. The van der Waals surface area contributed by atoms with Gasteiger partial charge in [-0.05, 0) is 19.1 Å². The molecular formula is C7H11NO. The van der Waals surface area contributed by atoms with Crippen LogP contribution in [0.4, 0.5) is 0 Å². The Bertz CT molecular complexity index is 158. The minimum atomic E-state index is 0.951. The van der Waals surface area contributed by atoms with Gasteiger partial charge in [-0.1, -0.05) is 0 Å². The summed E-state index contributed by atoms with van der Waals surface area (Å²) in [4.78, 5) is 0. The molecule has 0 unspecified atom stereocenters. The monoisotopic (exact) mass is 125 g/mol. The summed E-state index contributed by atoms with van der Waals surface area (Å²) in [5.41, 5.74) is 1.11. The SMILES string of the molecule is CCNC1=C(OC)C=C1. The molecule has 0 amide bonds. The van der Waals surface area contributed by atoms with Crippen LogP contribution in [0.2, 0.25) is 0 Å². The molecule has 0 atom stereocenters. The number of ether oxygens (including phenoxy) is 1. The number of hydrogen-bond donors (Lipinski definition) is 1. The normalized spacial score (nSPS) is 15.3. The Morgan fingerprint density at radius 2 is 2.33 bits per heavy atom. The summed E-state index contributed by atoms with van der Waals surface area (Å²) in [6.07, 6.45) is 3.94. The highest BCUT2D eigenvalue weighted by Gasteiger charge is 2.07. The zero-order valence-corrected chi connectivity index (χ0v) is 5.77. The van der Waals surface area contributed by atoms with Gasteiger partial charge in [0.05, 0.1) is 12.8 Å². The summed E-state index contributed by atoms with van der Waals surface area (Å²) in [6, 6.07) is 0. The molecule has 0 bridgehead atoms. The van der Waals surface area contributed by atoms with Gasteiger partial charge in [-0.25, -0.2) is 0 Å². The van der Waals surface area contributed by atoms with Crippen LogP contribution < -0.4 is 5.32 Å². The first-order valence-corrected chi connectivity index (χ1v) is 3.08. The second kappa shape index (κ2) is 2.58. The summed E-state index contributed by atoms with van der Waals surface area (Å²) in [7, 11) is 1.68. The number of nitrogens with one attached hydrogen (secondary N) is 1. The largest absolute Gasteiger partial charge is 0.495 e. The van der Waals surface area contributed by atoms with Crippen LogP contribution in [0.3, 0.4) is 0 Å². The van der Waals surface area contributed by atoms with Crippen molar-refractivity contribution in [1.82, 2.24) is 5.32 Å². The van der Waals surface area contributed by atoms with Crippen molar-refractivity contribution in [2.45, 2.75) is 6.92 Å². The lowest BCUT2D eigenvalue weighted by Gasteiger charge is -2.15. The van der Waals surface area contributed by atoms with Crippen molar-refractivity contribution in [2.75, 3.05) is 13.7 Å². The van der Waals surface area contributed by atoms with E-state index in [2.05, 4.69) is 12.2 Å². The minimum absolute atomic E-state index is 0.951. The van der Waals surface area contributed by atoms with Crippen LogP contribution in [0.1, 0.15) is 6.92 Å². The molecule has 0 heterocycles. The predicted octanol–water partition coefficient (Wildman–Crippen LogP) is 1.02. The Kier molecular flexibility index (Phi) is 1.78. The first kappa shape index (κ1) is 6.20. The van der Waals surface area contributed by atoms with E-state index in [9.17, 15) is 0 Å². The van der Waals surface area contributed by atoms with Gasteiger partial charge in [0.1, 0.15) is 5.76 Å². The van der Waals surface area contributed by atoms with Gasteiger partial charge in [0.2, 0.25) is 0 Å². The highest BCUT2D eigenvalue weighted by atomic mass is 16.5. The fourth-order valence-corrected chi connectivity index (χ4v) is 0.749. The number of methoxy groups -OCH3 is 1. The molecule has 0 radical (unpaired) electrons. The summed E-state index contributed by atoms with van der Waals surface area (Å²) < 4.78 is 4.98.